The van der Waals surface area contributed by atoms with E-state index >= 15 is 0 Å². The van der Waals surface area contributed by atoms with Gasteiger partial charge in [-0.25, -0.2) is 9.37 Å². The molecular weight excluding hydrogens is 357 g/mol. The number of anilines is 1. The average molecular weight is 373 g/mol. The van der Waals surface area contributed by atoms with Gasteiger partial charge >= 0.3 is 0 Å². The van der Waals surface area contributed by atoms with Crippen LogP contribution in [0.4, 0.5) is 10.1 Å². The van der Waals surface area contributed by atoms with Crippen LogP contribution in [0, 0.1) is 11.7 Å². The van der Waals surface area contributed by atoms with Gasteiger partial charge in [-0.1, -0.05) is 12.1 Å². The van der Waals surface area contributed by atoms with Gasteiger partial charge in [0.2, 0.25) is 5.91 Å². The fourth-order valence-electron chi connectivity index (χ4n) is 3.37. The zero-order valence-corrected chi connectivity index (χ0v) is 14.8. The van der Waals surface area contributed by atoms with E-state index in [4.69, 9.17) is 0 Å². The fourth-order valence-corrected chi connectivity index (χ4v) is 3.37. The Kier molecular flexibility index (Phi) is 3.86. The number of amides is 1. The van der Waals surface area contributed by atoms with Crippen molar-refractivity contribution in [2.24, 2.45) is 5.92 Å². The van der Waals surface area contributed by atoms with E-state index in [9.17, 15) is 9.18 Å². The minimum absolute atomic E-state index is 0.0364. The summed E-state index contributed by atoms with van der Waals surface area (Å²) >= 11 is 0. The van der Waals surface area contributed by atoms with Crippen LogP contribution in [0.15, 0.2) is 61.1 Å². The summed E-state index contributed by atoms with van der Waals surface area (Å²) in [6, 6.07) is 11.9. The van der Waals surface area contributed by atoms with Gasteiger partial charge in [0.15, 0.2) is 0 Å². The number of hydrogen-bond acceptors (Lipinski definition) is 4. The molecule has 138 valence electrons. The number of hydrogen-bond donors (Lipinski definition) is 2. The quantitative estimate of drug-likeness (QED) is 0.568. The lowest BCUT2D eigenvalue weighted by molar-refractivity contribution is -0.117. The molecular formula is C21H16FN5O. The molecule has 28 heavy (non-hydrogen) atoms. The number of H-pyrrole nitrogens is 1. The summed E-state index contributed by atoms with van der Waals surface area (Å²) in [6.45, 7) is 0. The van der Waals surface area contributed by atoms with Crippen LogP contribution in [-0.2, 0) is 4.79 Å². The Balaban J connectivity index is 1.26. The highest BCUT2D eigenvalue weighted by Gasteiger charge is 2.46. The Labute approximate surface area is 159 Å². The average Bonchev–Trinajstić information content (AvgIpc) is 3.42. The minimum atomic E-state index is -0.308. The van der Waals surface area contributed by atoms with Crippen LogP contribution < -0.4 is 5.32 Å². The molecule has 2 N–H and O–H groups in total. The Morgan fingerprint density at radius 1 is 1.14 bits per heavy atom. The summed E-state index contributed by atoms with van der Waals surface area (Å²) in [5.74, 6) is 0.291. The molecule has 1 aliphatic carbocycles. The molecule has 0 spiro atoms. The first-order valence-electron chi connectivity index (χ1n) is 9.00. The van der Waals surface area contributed by atoms with Gasteiger partial charge in [-0.3, -0.25) is 14.8 Å². The van der Waals surface area contributed by atoms with Gasteiger partial charge in [0.25, 0.3) is 0 Å². The van der Waals surface area contributed by atoms with Crippen LogP contribution in [0.1, 0.15) is 18.2 Å². The largest absolute Gasteiger partial charge is 0.342 e. The van der Waals surface area contributed by atoms with Crippen LogP contribution in [0.25, 0.3) is 22.3 Å². The van der Waals surface area contributed by atoms with E-state index in [0.29, 0.717) is 11.0 Å². The van der Waals surface area contributed by atoms with Crippen LogP contribution in [0.5, 0.6) is 0 Å². The van der Waals surface area contributed by atoms with Crippen molar-refractivity contribution < 1.29 is 9.18 Å². The molecule has 2 aromatic heterocycles. The number of nitrogens with one attached hydrogen (secondary N) is 2. The van der Waals surface area contributed by atoms with Crippen molar-refractivity contribution >= 4 is 22.6 Å². The highest BCUT2D eigenvalue weighted by atomic mass is 19.1. The molecule has 7 heteroatoms. The predicted molar refractivity (Wildman–Crippen MR) is 103 cm³/mol. The molecule has 1 saturated carbocycles. The predicted octanol–water partition coefficient (Wildman–Crippen LogP) is 3.90. The standard InChI is InChI=1S/C21H16FN5O/c22-13-3-6-17-18(9-13)27-20(26-17)15-10-16(15)21(28)25-14-4-1-12(2-5-14)19-11-23-7-8-24-19/h1-9,11,15-16H,10H2,(H,25,28)(H,26,27)/t15-,16-/m1/s1. The number of nitrogens with zero attached hydrogens (tertiary/aromatic N) is 3. The maximum absolute atomic E-state index is 13.3. The van der Waals surface area contributed by atoms with Crippen molar-refractivity contribution in [2.75, 3.05) is 5.32 Å². The van der Waals surface area contributed by atoms with Crippen molar-refractivity contribution in [1.82, 2.24) is 19.9 Å². The molecule has 0 radical (unpaired) electrons. The van der Waals surface area contributed by atoms with Crippen molar-refractivity contribution in [3.63, 3.8) is 0 Å². The Morgan fingerprint density at radius 2 is 2.00 bits per heavy atom. The molecule has 2 heterocycles. The molecule has 4 aromatic rings. The maximum Gasteiger partial charge on any atom is 0.228 e. The molecule has 2 atom stereocenters. The summed E-state index contributed by atoms with van der Waals surface area (Å²) in [5.41, 5.74) is 3.81. The van der Waals surface area contributed by atoms with Crippen LogP contribution in [0.2, 0.25) is 0 Å². The third-order valence-electron chi connectivity index (χ3n) is 4.95. The van der Waals surface area contributed by atoms with Gasteiger partial charge in [0.05, 0.1) is 22.9 Å². The van der Waals surface area contributed by atoms with E-state index < -0.39 is 0 Å². The number of fused-ring (bicyclic) bond motifs is 1. The number of carbonyl (C=O) groups is 1. The second-order valence-electron chi connectivity index (χ2n) is 6.89. The number of carbonyl (C=O) groups excluding carboxylic acids is 1. The zero-order valence-electron chi connectivity index (χ0n) is 14.8. The van der Waals surface area contributed by atoms with Gasteiger partial charge in [0.1, 0.15) is 11.6 Å². The molecule has 0 unspecified atom stereocenters. The molecule has 0 aliphatic heterocycles. The van der Waals surface area contributed by atoms with Crippen LogP contribution >= 0.6 is 0 Å². The Morgan fingerprint density at radius 3 is 2.79 bits per heavy atom. The minimum Gasteiger partial charge on any atom is -0.342 e. The molecule has 1 amide bonds. The summed E-state index contributed by atoms with van der Waals surface area (Å²) < 4.78 is 13.3. The van der Waals surface area contributed by atoms with Crippen molar-refractivity contribution in [3.05, 3.63) is 72.7 Å². The molecule has 5 rings (SSSR count). The van der Waals surface area contributed by atoms with Gasteiger partial charge in [0, 0.05) is 35.5 Å². The molecule has 6 nitrogen and oxygen atoms in total. The molecule has 0 saturated heterocycles. The third-order valence-corrected chi connectivity index (χ3v) is 4.95. The Hall–Kier alpha value is -3.61. The van der Waals surface area contributed by atoms with E-state index in [1.807, 2.05) is 24.3 Å². The normalized spacial score (nSPS) is 18.2. The second kappa shape index (κ2) is 6.53. The van der Waals surface area contributed by atoms with Gasteiger partial charge in [-0.2, -0.15) is 0 Å². The molecule has 1 fully saturated rings. The monoisotopic (exact) mass is 373 g/mol. The second-order valence-corrected chi connectivity index (χ2v) is 6.89. The molecule has 0 bridgehead atoms. The summed E-state index contributed by atoms with van der Waals surface area (Å²) in [4.78, 5) is 28.5. The van der Waals surface area contributed by atoms with Crippen molar-refractivity contribution in [3.8, 4) is 11.3 Å². The lowest BCUT2D eigenvalue weighted by Gasteiger charge is -2.06. The third kappa shape index (κ3) is 3.11. The SMILES string of the molecule is O=C(Nc1ccc(-c2cnccn2)cc1)[C@@H]1C[C@H]1c1nc2ccc(F)cc2[nH]1. The number of aromatic amines is 1. The van der Waals surface area contributed by atoms with E-state index in [1.54, 1.807) is 24.7 Å². The van der Waals surface area contributed by atoms with Gasteiger partial charge in [-0.05, 0) is 36.8 Å². The van der Waals surface area contributed by atoms with E-state index in [0.717, 1.165) is 29.2 Å². The van der Waals surface area contributed by atoms with Crippen LogP contribution in [0.3, 0.4) is 0 Å². The van der Waals surface area contributed by atoms with E-state index in [1.165, 1.54) is 12.1 Å². The van der Waals surface area contributed by atoms with Crippen molar-refractivity contribution in [2.45, 2.75) is 12.3 Å². The number of imidazole rings is 1. The summed E-state index contributed by atoms with van der Waals surface area (Å²) in [7, 11) is 0. The summed E-state index contributed by atoms with van der Waals surface area (Å²) in [5, 5.41) is 2.95. The highest BCUT2D eigenvalue weighted by molar-refractivity contribution is 5.95. The van der Waals surface area contributed by atoms with Gasteiger partial charge < -0.3 is 10.3 Å². The van der Waals surface area contributed by atoms with Crippen molar-refractivity contribution in [1.29, 1.82) is 0 Å². The number of benzene rings is 2. The number of halogens is 1. The molecule has 1 aliphatic rings. The number of aromatic nitrogens is 4. The van der Waals surface area contributed by atoms with Gasteiger partial charge in [-0.15, -0.1) is 0 Å². The topological polar surface area (TPSA) is 83.6 Å². The lowest BCUT2D eigenvalue weighted by Crippen LogP contribution is -2.14. The zero-order chi connectivity index (χ0) is 19.1. The fraction of sp³-hybridized carbons (Fsp3) is 0.143. The van der Waals surface area contributed by atoms with E-state index in [2.05, 4.69) is 25.3 Å². The summed E-state index contributed by atoms with van der Waals surface area (Å²) in [6.07, 6.45) is 5.70. The first-order chi connectivity index (χ1) is 13.7. The highest BCUT2D eigenvalue weighted by Crippen LogP contribution is 2.47. The smallest absolute Gasteiger partial charge is 0.228 e. The maximum atomic E-state index is 13.3. The first-order valence-corrected chi connectivity index (χ1v) is 9.00. The lowest BCUT2D eigenvalue weighted by atomic mass is 10.1. The molecule has 2 aromatic carbocycles. The first kappa shape index (κ1) is 16.6. The number of rotatable bonds is 4. The van der Waals surface area contributed by atoms with Crippen LogP contribution in [-0.4, -0.2) is 25.8 Å². The van der Waals surface area contributed by atoms with E-state index in [-0.39, 0.29) is 23.6 Å². The Bertz CT molecular complexity index is 1160.